The van der Waals surface area contributed by atoms with Gasteiger partial charge in [-0.3, -0.25) is 0 Å². The van der Waals surface area contributed by atoms with Gasteiger partial charge in [-0.1, -0.05) is 46.3 Å². The zero-order valence-corrected chi connectivity index (χ0v) is 17.7. The zero-order valence-electron chi connectivity index (χ0n) is 16.2. The number of halogens is 1. The van der Waals surface area contributed by atoms with Crippen molar-refractivity contribution in [1.82, 2.24) is 10.2 Å². The Labute approximate surface area is 171 Å². The first-order valence-electron chi connectivity index (χ1n) is 10.2. The quantitative estimate of drug-likeness (QED) is 0.701. The molecule has 1 saturated carbocycles. The molecule has 2 aromatic rings. The van der Waals surface area contributed by atoms with Crippen LogP contribution in [0.4, 0.5) is 5.69 Å². The first kappa shape index (κ1) is 19.0. The second kappa shape index (κ2) is 8.76. The summed E-state index contributed by atoms with van der Waals surface area (Å²) >= 11 is 3.51. The Morgan fingerprint density at radius 3 is 2.44 bits per heavy atom. The summed E-state index contributed by atoms with van der Waals surface area (Å²) in [7, 11) is 2.19. The smallest absolute Gasteiger partial charge is 0.0364 e. The van der Waals surface area contributed by atoms with Crippen molar-refractivity contribution in [2.75, 3.05) is 38.1 Å². The minimum atomic E-state index is 0.698. The fourth-order valence-corrected chi connectivity index (χ4v) is 4.45. The van der Waals surface area contributed by atoms with Crippen molar-refractivity contribution >= 4 is 21.6 Å². The maximum Gasteiger partial charge on any atom is 0.0364 e. The molecule has 2 atom stereocenters. The Hall–Kier alpha value is -1.36. The number of nitrogens with one attached hydrogen (secondary N) is 1. The third-order valence-electron chi connectivity index (χ3n) is 6.07. The average molecular weight is 428 g/mol. The van der Waals surface area contributed by atoms with Crippen molar-refractivity contribution in [1.29, 1.82) is 0 Å². The number of benzene rings is 2. The predicted molar refractivity (Wildman–Crippen MR) is 118 cm³/mol. The second-order valence-corrected chi connectivity index (χ2v) is 8.96. The van der Waals surface area contributed by atoms with E-state index in [1.54, 1.807) is 0 Å². The largest absolute Gasteiger partial charge is 0.373 e. The van der Waals surface area contributed by atoms with E-state index in [1.165, 1.54) is 43.6 Å². The molecule has 1 saturated heterocycles. The van der Waals surface area contributed by atoms with Crippen LogP contribution in [0.1, 0.15) is 30.7 Å². The van der Waals surface area contributed by atoms with Crippen LogP contribution in [0.5, 0.6) is 0 Å². The van der Waals surface area contributed by atoms with Crippen molar-refractivity contribution in [3.63, 3.8) is 0 Å². The highest BCUT2D eigenvalue weighted by molar-refractivity contribution is 9.10. The molecular formula is C23H30BrN3. The van der Waals surface area contributed by atoms with E-state index in [-0.39, 0.29) is 0 Å². The molecule has 0 radical (unpaired) electrons. The molecule has 3 nitrogen and oxygen atoms in total. The molecule has 2 aliphatic rings. The molecule has 2 fully saturated rings. The SMILES string of the molecule is CN(CCN1CCC(N[C@@H]2CC2c2ccccc2)CC1)c1ccc(Br)cc1. The first-order valence-corrected chi connectivity index (χ1v) is 11.0. The van der Waals surface area contributed by atoms with Gasteiger partial charge in [-0.05, 0) is 62.2 Å². The Bertz CT molecular complexity index is 710. The van der Waals surface area contributed by atoms with E-state index in [4.69, 9.17) is 0 Å². The van der Waals surface area contributed by atoms with E-state index < -0.39 is 0 Å². The molecule has 1 N–H and O–H groups in total. The summed E-state index contributed by atoms with van der Waals surface area (Å²) < 4.78 is 1.14. The van der Waals surface area contributed by atoms with Crippen LogP contribution in [0.3, 0.4) is 0 Å². The Kier molecular flexibility index (Phi) is 6.16. The number of piperidine rings is 1. The van der Waals surface area contributed by atoms with Gasteiger partial charge in [0.15, 0.2) is 0 Å². The van der Waals surface area contributed by atoms with E-state index in [0.717, 1.165) is 23.5 Å². The lowest BCUT2D eigenvalue weighted by Gasteiger charge is -2.34. The van der Waals surface area contributed by atoms with Gasteiger partial charge in [-0.2, -0.15) is 0 Å². The zero-order chi connectivity index (χ0) is 18.6. The molecular weight excluding hydrogens is 398 g/mol. The van der Waals surface area contributed by atoms with Crippen LogP contribution in [0, 0.1) is 0 Å². The highest BCUT2D eigenvalue weighted by atomic mass is 79.9. The van der Waals surface area contributed by atoms with Gasteiger partial charge in [0.05, 0.1) is 0 Å². The molecule has 0 spiro atoms. The van der Waals surface area contributed by atoms with E-state index in [2.05, 4.69) is 92.7 Å². The van der Waals surface area contributed by atoms with Crippen molar-refractivity contribution in [3.05, 3.63) is 64.6 Å². The Morgan fingerprint density at radius 1 is 1.04 bits per heavy atom. The third kappa shape index (κ3) is 5.13. The van der Waals surface area contributed by atoms with E-state index in [0.29, 0.717) is 12.1 Å². The summed E-state index contributed by atoms with van der Waals surface area (Å²) in [5.74, 6) is 0.740. The van der Waals surface area contributed by atoms with Gasteiger partial charge < -0.3 is 15.1 Å². The van der Waals surface area contributed by atoms with Gasteiger partial charge in [0, 0.05) is 48.3 Å². The number of hydrogen-bond acceptors (Lipinski definition) is 3. The molecule has 1 unspecified atom stereocenters. The van der Waals surface area contributed by atoms with E-state index >= 15 is 0 Å². The third-order valence-corrected chi connectivity index (χ3v) is 6.60. The van der Waals surface area contributed by atoms with E-state index in [9.17, 15) is 0 Å². The van der Waals surface area contributed by atoms with Crippen LogP contribution in [-0.2, 0) is 0 Å². The van der Waals surface area contributed by atoms with Gasteiger partial charge in [-0.25, -0.2) is 0 Å². The Morgan fingerprint density at radius 2 is 1.74 bits per heavy atom. The predicted octanol–water partition coefficient (Wildman–Crippen LogP) is 4.50. The molecule has 27 heavy (non-hydrogen) atoms. The van der Waals surface area contributed by atoms with Crippen molar-refractivity contribution in [3.8, 4) is 0 Å². The van der Waals surface area contributed by atoms with Crippen molar-refractivity contribution in [2.24, 2.45) is 0 Å². The van der Waals surface area contributed by atoms with Crippen molar-refractivity contribution in [2.45, 2.75) is 37.3 Å². The van der Waals surface area contributed by atoms with Crippen LogP contribution in [0.2, 0.25) is 0 Å². The summed E-state index contributed by atoms with van der Waals surface area (Å²) in [6.07, 6.45) is 3.86. The number of likely N-dealkylation sites (N-methyl/N-ethyl adjacent to an activating group) is 1. The molecule has 1 aliphatic heterocycles. The van der Waals surface area contributed by atoms with Gasteiger partial charge in [0.2, 0.25) is 0 Å². The molecule has 4 heteroatoms. The maximum atomic E-state index is 3.92. The normalized spacial score (nSPS) is 23.3. The van der Waals surface area contributed by atoms with Crippen LogP contribution in [-0.4, -0.2) is 50.2 Å². The maximum absolute atomic E-state index is 3.92. The molecule has 4 rings (SSSR count). The fourth-order valence-electron chi connectivity index (χ4n) is 4.19. The first-order chi connectivity index (χ1) is 13.2. The summed E-state index contributed by atoms with van der Waals surface area (Å²) in [6.45, 7) is 4.66. The molecule has 1 aliphatic carbocycles. The minimum absolute atomic E-state index is 0.698. The second-order valence-electron chi connectivity index (χ2n) is 8.04. The van der Waals surface area contributed by atoms with Crippen LogP contribution >= 0.6 is 15.9 Å². The summed E-state index contributed by atoms with van der Waals surface area (Å²) in [5, 5.41) is 3.92. The fraction of sp³-hybridized carbons (Fsp3) is 0.478. The number of hydrogen-bond donors (Lipinski definition) is 1. The van der Waals surface area contributed by atoms with Gasteiger partial charge >= 0.3 is 0 Å². The summed E-state index contributed by atoms with van der Waals surface area (Å²) in [6, 6.07) is 21.0. The molecule has 0 aromatic heterocycles. The van der Waals surface area contributed by atoms with Gasteiger partial charge in [0.25, 0.3) is 0 Å². The molecule has 1 heterocycles. The molecule has 2 aromatic carbocycles. The Balaban J connectivity index is 1.16. The van der Waals surface area contributed by atoms with Crippen molar-refractivity contribution < 1.29 is 0 Å². The lowest BCUT2D eigenvalue weighted by atomic mass is 10.0. The highest BCUT2D eigenvalue weighted by Gasteiger charge is 2.39. The average Bonchev–Trinajstić information content (AvgIpc) is 3.47. The monoisotopic (exact) mass is 427 g/mol. The van der Waals surface area contributed by atoms with Crippen LogP contribution in [0.25, 0.3) is 0 Å². The van der Waals surface area contributed by atoms with Gasteiger partial charge in [-0.15, -0.1) is 0 Å². The topological polar surface area (TPSA) is 18.5 Å². The number of anilines is 1. The molecule has 0 amide bonds. The van der Waals surface area contributed by atoms with Crippen LogP contribution in [0.15, 0.2) is 59.1 Å². The summed E-state index contributed by atoms with van der Waals surface area (Å²) in [5.41, 5.74) is 2.79. The molecule has 0 bridgehead atoms. The highest BCUT2D eigenvalue weighted by Crippen LogP contribution is 2.41. The summed E-state index contributed by atoms with van der Waals surface area (Å²) in [4.78, 5) is 4.97. The molecule has 144 valence electrons. The van der Waals surface area contributed by atoms with E-state index in [1.807, 2.05) is 0 Å². The number of rotatable bonds is 7. The van der Waals surface area contributed by atoms with Crippen LogP contribution < -0.4 is 10.2 Å². The van der Waals surface area contributed by atoms with Gasteiger partial charge in [0.1, 0.15) is 0 Å². The standard InChI is InChI=1S/C23H30BrN3/c1-26(21-9-7-19(24)8-10-21)15-16-27-13-11-20(12-14-27)25-23-17-22(23)18-5-3-2-4-6-18/h2-10,20,22-23,25H,11-17H2,1H3/t22?,23-/m1/s1. The lowest BCUT2D eigenvalue weighted by Crippen LogP contribution is -2.45. The lowest BCUT2D eigenvalue weighted by molar-refractivity contribution is 0.201. The number of nitrogens with zero attached hydrogens (tertiary/aromatic N) is 2. The number of likely N-dealkylation sites (tertiary alicyclic amines) is 1. The minimum Gasteiger partial charge on any atom is -0.373 e.